The van der Waals surface area contributed by atoms with Crippen LogP contribution in [0.1, 0.15) is 21.6 Å². The number of hydrogen-bond donors (Lipinski definition) is 1. The lowest BCUT2D eigenvalue weighted by molar-refractivity contribution is 0.102. The van der Waals surface area contributed by atoms with Crippen molar-refractivity contribution in [2.75, 3.05) is 5.32 Å². The summed E-state index contributed by atoms with van der Waals surface area (Å²) < 4.78 is 2.70. The summed E-state index contributed by atoms with van der Waals surface area (Å²) in [5.74, 6) is 0.450. The zero-order chi connectivity index (χ0) is 17.4. The first-order chi connectivity index (χ1) is 12.1. The van der Waals surface area contributed by atoms with Gasteiger partial charge in [-0.25, -0.2) is 14.6 Å². The molecule has 0 saturated carbocycles. The van der Waals surface area contributed by atoms with Crippen molar-refractivity contribution in [2.24, 2.45) is 0 Å². The van der Waals surface area contributed by atoms with Gasteiger partial charge >= 0.3 is 0 Å². The first-order valence-electron chi connectivity index (χ1n) is 7.77. The number of aromatic nitrogens is 4. The van der Waals surface area contributed by atoms with Gasteiger partial charge in [-0.2, -0.15) is 5.10 Å². The quantitative estimate of drug-likeness (QED) is 0.611. The molecule has 0 aliphatic rings. The average Bonchev–Trinajstić information content (AvgIpc) is 3.20. The number of anilines is 1. The number of amides is 1. The third kappa shape index (κ3) is 2.78. The molecule has 0 saturated heterocycles. The molecule has 0 fully saturated rings. The summed E-state index contributed by atoms with van der Waals surface area (Å²) in [6.07, 6.45) is 3.25. The Morgan fingerprint density at radius 1 is 1.16 bits per heavy atom. The molecule has 3 aromatic heterocycles. The summed E-state index contributed by atoms with van der Waals surface area (Å²) in [4.78, 5) is 21.4. The van der Waals surface area contributed by atoms with Crippen molar-refractivity contribution in [3.05, 3.63) is 65.6 Å². The largest absolute Gasteiger partial charge is 0.298 e. The molecule has 0 aliphatic heterocycles. The number of rotatable bonds is 3. The van der Waals surface area contributed by atoms with Crippen LogP contribution in [0.3, 0.4) is 0 Å². The number of hydrogen-bond acceptors (Lipinski definition) is 5. The Morgan fingerprint density at radius 2 is 2.04 bits per heavy atom. The lowest BCUT2D eigenvalue weighted by atomic mass is 10.2. The van der Waals surface area contributed by atoms with Gasteiger partial charge in [-0.05, 0) is 37.6 Å². The summed E-state index contributed by atoms with van der Waals surface area (Å²) >= 11 is 1.46. The van der Waals surface area contributed by atoms with E-state index < -0.39 is 0 Å². The molecule has 0 radical (unpaired) electrons. The molecule has 0 spiro atoms. The predicted octanol–water partition coefficient (Wildman–Crippen LogP) is 3.75. The zero-order valence-electron chi connectivity index (χ0n) is 13.7. The standard InChI is InChI=1S/C18H15N5OS/c1-11-6-5-7-14-16(11)21-18(25-14)22-17(24)13-10-20-23(12(13)2)15-8-3-4-9-19-15/h3-10H,1-2H3,(H,21,22,24). The van der Waals surface area contributed by atoms with Gasteiger partial charge in [0.25, 0.3) is 5.91 Å². The van der Waals surface area contributed by atoms with Crippen LogP contribution in [0, 0.1) is 13.8 Å². The molecule has 0 bridgehead atoms. The van der Waals surface area contributed by atoms with Crippen molar-refractivity contribution in [1.82, 2.24) is 19.7 Å². The number of aryl methyl sites for hydroxylation is 1. The van der Waals surface area contributed by atoms with Crippen LogP contribution in [0.4, 0.5) is 5.13 Å². The summed E-state index contributed by atoms with van der Waals surface area (Å²) in [6.45, 7) is 3.85. The number of para-hydroxylation sites is 1. The molecular formula is C18H15N5OS. The van der Waals surface area contributed by atoms with Crippen molar-refractivity contribution in [1.29, 1.82) is 0 Å². The van der Waals surface area contributed by atoms with Gasteiger partial charge in [-0.15, -0.1) is 0 Å². The normalized spacial score (nSPS) is 11.0. The molecule has 25 heavy (non-hydrogen) atoms. The number of nitrogens with zero attached hydrogens (tertiary/aromatic N) is 4. The third-order valence-corrected chi connectivity index (χ3v) is 4.90. The minimum atomic E-state index is -0.226. The summed E-state index contributed by atoms with van der Waals surface area (Å²) in [6, 6.07) is 11.6. The van der Waals surface area contributed by atoms with E-state index in [-0.39, 0.29) is 5.91 Å². The van der Waals surface area contributed by atoms with Crippen LogP contribution in [0.5, 0.6) is 0 Å². The molecule has 6 nitrogen and oxygen atoms in total. The molecule has 7 heteroatoms. The van der Waals surface area contributed by atoms with Gasteiger partial charge < -0.3 is 0 Å². The highest BCUT2D eigenvalue weighted by atomic mass is 32.1. The van der Waals surface area contributed by atoms with Crippen LogP contribution < -0.4 is 5.32 Å². The topological polar surface area (TPSA) is 72.7 Å². The van der Waals surface area contributed by atoms with Gasteiger partial charge in [-0.3, -0.25) is 10.1 Å². The number of carbonyl (C=O) groups excluding carboxylic acids is 1. The van der Waals surface area contributed by atoms with Crippen LogP contribution in [-0.2, 0) is 0 Å². The fourth-order valence-corrected chi connectivity index (χ4v) is 3.59. The lowest BCUT2D eigenvalue weighted by Gasteiger charge is -2.04. The van der Waals surface area contributed by atoms with E-state index >= 15 is 0 Å². The summed E-state index contributed by atoms with van der Waals surface area (Å²) in [7, 11) is 0. The number of pyridine rings is 1. The van der Waals surface area contributed by atoms with Gasteiger partial charge in [0.15, 0.2) is 10.9 Å². The first kappa shape index (κ1) is 15.5. The van der Waals surface area contributed by atoms with Crippen LogP contribution in [-0.4, -0.2) is 25.7 Å². The smallest absolute Gasteiger partial charge is 0.260 e. The molecular weight excluding hydrogens is 334 g/mol. The Balaban J connectivity index is 1.63. The highest BCUT2D eigenvalue weighted by molar-refractivity contribution is 7.22. The molecule has 1 aromatic carbocycles. The zero-order valence-corrected chi connectivity index (χ0v) is 14.5. The van der Waals surface area contributed by atoms with Gasteiger partial charge in [-0.1, -0.05) is 29.5 Å². The third-order valence-electron chi connectivity index (χ3n) is 3.96. The second-order valence-corrected chi connectivity index (χ2v) is 6.67. The molecule has 124 valence electrons. The lowest BCUT2D eigenvalue weighted by Crippen LogP contribution is -2.13. The van der Waals surface area contributed by atoms with Gasteiger partial charge in [0, 0.05) is 6.20 Å². The Labute approximate surface area is 148 Å². The van der Waals surface area contributed by atoms with E-state index in [0.717, 1.165) is 21.5 Å². The van der Waals surface area contributed by atoms with Crippen molar-refractivity contribution in [3.8, 4) is 5.82 Å². The number of fused-ring (bicyclic) bond motifs is 1. The van der Waals surface area contributed by atoms with Crippen molar-refractivity contribution in [3.63, 3.8) is 0 Å². The highest BCUT2D eigenvalue weighted by Crippen LogP contribution is 2.28. The molecule has 1 amide bonds. The molecule has 0 atom stereocenters. The number of benzene rings is 1. The van der Waals surface area contributed by atoms with E-state index in [2.05, 4.69) is 20.4 Å². The molecule has 4 rings (SSSR count). The number of thiazole rings is 1. The summed E-state index contributed by atoms with van der Waals surface area (Å²) in [5, 5.41) is 7.74. The molecule has 0 aliphatic carbocycles. The van der Waals surface area contributed by atoms with Gasteiger partial charge in [0.1, 0.15) is 0 Å². The Hall–Kier alpha value is -3.06. The summed E-state index contributed by atoms with van der Waals surface area (Å²) in [5.41, 5.74) is 3.24. The Morgan fingerprint density at radius 3 is 2.80 bits per heavy atom. The minimum absolute atomic E-state index is 0.226. The van der Waals surface area contributed by atoms with Crippen LogP contribution in [0.25, 0.3) is 16.0 Å². The maximum Gasteiger partial charge on any atom is 0.260 e. The van der Waals surface area contributed by atoms with Crippen LogP contribution in [0.15, 0.2) is 48.8 Å². The second-order valence-electron chi connectivity index (χ2n) is 5.64. The molecule has 4 aromatic rings. The maximum absolute atomic E-state index is 12.6. The van der Waals surface area contributed by atoms with Crippen molar-refractivity contribution < 1.29 is 4.79 Å². The second kappa shape index (κ2) is 6.10. The van der Waals surface area contributed by atoms with E-state index in [1.807, 2.05) is 50.2 Å². The minimum Gasteiger partial charge on any atom is -0.298 e. The SMILES string of the molecule is Cc1cccc2sc(NC(=O)c3cnn(-c4ccccn4)c3C)nc12. The Kier molecular flexibility index (Phi) is 3.77. The fourth-order valence-electron chi connectivity index (χ4n) is 2.65. The maximum atomic E-state index is 12.6. The fraction of sp³-hybridized carbons (Fsp3) is 0.111. The number of nitrogens with one attached hydrogen (secondary N) is 1. The first-order valence-corrected chi connectivity index (χ1v) is 8.58. The highest BCUT2D eigenvalue weighted by Gasteiger charge is 2.17. The van der Waals surface area contributed by atoms with Crippen molar-refractivity contribution >= 4 is 32.6 Å². The number of carbonyl (C=O) groups is 1. The van der Waals surface area contributed by atoms with E-state index in [1.165, 1.54) is 11.3 Å². The van der Waals surface area contributed by atoms with Crippen LogP contribution in [0.2, 0.25) is 0 Å². The van der Waals surface area contributed by atoms with E-state index in [1.54, 1.807) is 17.1 Å². The predicted molar refractivity (Wildman–Crippen MR) is 98.4 cm³/mol. The van der Waals surface area contributed by atoms with Crippen LogP contribution >= 0.6 is 11.3 Å². The molecule has 3 heterocycles. The Bertz CT molecular complexity index is 1070. The van der Waals surface area contributed by atoms with Gasteiger partial charge in [0.05, 0.1) is 27.7 Å². The molecule has 1 N–H and O–H groups in total. The van der Waals surface area contributed by atoms with Gasteiger partial charge in [0.2, 0.25) is 0 Å². The average molecular weight is 349 g/mol. The van der Waals surface area contributed by atoms with E-state index in [0.29, 0.717) is 16.5 Å². The van der Waals surface area contributed by atoms with Crippen molar-refractivity contribution in [2.45, 2.75) is 13.8 Å². The van der Waals surface area contributed by atoms with E-state index in [4.69, 9.17) is 0 Å². The van der Waals surface area contributed by atoms with E-state index in [9.17, 15) is 4.79 Å². The molecule has 0 unspecified atom stereocenters. The monoisotopic (exact) mass is 349 g/mol.